The molecule has 0 heterocycles. The molecule has 0 bridgehead atoms. The first kappa shape index (κ1) is 25.7. The Hall–Kier alpha value is -2.54. The highest BCUT2D eigenvalue weighted by Gasteiger charge is 2.29. The Morgan fingerprint density at radius 2 is 1.53 bits per heavy atom. The first-order valence-electron chi connectivity index (χ1n) is 10.8. The van der Waals surface area contributed by atoms with Crippen molar-refractivity contribution in [3.05, 3.63) is 47.5 Å². The van der Waals surface area contributed by atoms with Crippen LogP contribution < -0.4 is 14.2 Å². The summed E-state index contributed by atoms with van der Waals surface area (Å²) in [6.07, 6.45) is 1.77. The average molecular weight is 462 g/mol. The molecule has 1 amide bonds. The fourth-order valence-corrected chi connectivity index (χ4v) is 4.22. The number of amides is 1. The lowest BCUT2D eigenvalue weighted by Crippen LogP contribution is -2.22. The Bertz CT molecular complexity index is 1090. The van der Waals surface area contributed by atoms with E-state index in [1.54, 1.807) is 6.07 Å². The zero-order chi connectivity index (χ0) is 24.3. The highest BCUT2D eigenvalue weighted by molar-refractivity contribution is 7.87. The minimum absolute atomic E-state index is 0.0424. The molecule has 2 aromatic rings. The molecule has 0 spiro atoms. The summed E-state index contributed by atoms with van der Waals surface area (Å²) in [5.74, 6) is 0.336. The molecule has 0 saturated heterocycles. The lowest BCUT2D eigenvalue weighted by atomic mass is 9.76. The van der Waals surface area contributed by atoms with Gasteiger partial charge < -0.3 is 14.2 Å². The van der Waals surface area contributed by atoms with Crippen LogP contribution in [0.1, 0.15) is 72.4 Å². The lowest BCUT2D eigenvalue weighted by Gasteiger charge is -2.30. The highest BCUT2D eigenvalue weighted by atomic mass is 32.2. The molecule has 0 aliphatic heterocycles. The van der Waals surface area contributed by atoms with Crippen LogP contribution in [-0.4, -0.2) is 21.4 Å². The highest BCUT2D eigenvalue weighted by Crippen LogP contribution is 2.39. The van der Waals surface area contributed by atoms with Gasteiger partial charge in [-0.15, -0.1) is 0 Å². The first-order valence-corrected chi connectivity index (χ1v) is 12.2. The van der Waals surface area contributed by atoms with Crippen LogP contribution in [0, 0.1) is 0 Å². The van der Waals surface area contributed by atoms with Crippen LogP contribution in [0.25, 0.3) is 0 Å². The maximum Gasteiger partial charge on any atom is 0.339 e. The van der Waals surface area contributed by atoms with Gasteiger partial charge in [-0.1, -0.05) is 53.7 Å². The molecule has 0 aliphatic rings. The molecule has 32 heavy (non-hydrogen) atoms. The van der Waals surface area contributed by atoms with E-state index in [-0.39, 0.29) is 27.3 Å². The van der Waals surface area contributed by atoms with Crippen molar-refractivity contribution >= 4 is 21.7 Å². The van der Waals surface area contributed by atoms with Crippen LogP contribution >= 0.6 is 0 Å². The Labute approximate surface area is 192 Å². The van der Waals surface area contributed by atoms with Gasteiger partial charge in [-0.3, -0.25) is 4.79 Å². The molecule has 0 unspecified atom stereocenters. The number of rotatable bonds is 9. The van der Waals surface area contributed by atoms with Gasteiger partial charge in [0.15, 0.2) is 0 Å². The molecule has 0 fully saturated rings. The molecule has 0 radical (unpaired) electrons. The van der Waals surface area contributed by atoms with Gasteiger partial charge in [0.25, 0.3) is 0 Å². The molecule has 6 nitrogen and oxygen atoms in total. The molecule has 0 aromatic heterocycles. The number of benzene rings is 2. The molecular weight excluding hydrogens is 426 g/mol. The van der Waals surface area contributed by atoms with Crippen molar-refractivity contribution in [3.8, 4) is 11.5 Å². The molecule has 0 aliphatic carbocycles. The quantitative estimate of drug-likeness (QED) is 0.478. The predicted octanol–water partition coefficient (Wildman–Crippen LogP) is 5.80. The molecule has 2 rings (SSSR count). The number of ether oxygens (including phenoxy) is 1. The molecule has 7 heteroatoms. The van der Waals surface area contributed by atoms with Crippen molar-refractivity contribution in [1.29, 1.82) is 0 Å². The van der Waals surface area contributed by atoms with E-state index >= 15 is 0 Å². The number of methoxy groups -OCH3 is 1. The van der Waals surface area contributed by atoms with E-state index in [1.165, 1.54) is 32.2 Å². The van der Waals surface area contributed by atoms with Crippen molar-refractivity contribution < 1.29 is 22.1 Å². The Kier molecular flexibility index (Phi) is 7.66. The monoisotopic (exact) mass is 461 g/mol. The normalized spacial score (nSPS) is 12.4. The maximum atomic E-state index is 13.2. The van der Waals surface area contributed by atoms with Gasteiger partial charge in [-0.25, -0.2) is 0 Å². The van der Waals surface area contributed by atoms with E-state index in [4.69, 9.17) is 8.92 Å². The second kappa shape index (κ2) is 9.53. The number of nitrogens with one attached hydrogen (secondary N) is 1. The minimum Gasteiger partial charge on any atom is -0.495 e. The second-order valence-electron chi connectivity index (χ2n) is 9.27. The predicted molar refractivity (Wildman–Crippen MR) is 128 cm³/mol. The lowest BCUT2D eigenvalue weighted by molar-refractivity contribution is -0.114. The summed E-state index contributed by atoms with van der Waals surface area (Å²) in [6.45, 7) is 14.0. The third kappa shape index (κ3) is 5.63. The second-order valence-corrected chi connectivity index (χ2v) is 10.8. The SMILES string of the molecule is CCC(C)(C)c1ccc(OS(=O)(=O)c2ccc(OC)c(NC(C)=O)c2)c(C(C)(C)CC)c1. The Morgan fingerprint density at radius 1 is 0.938 bits per heavy atom. The van der Waals surface area contributed by atoms with E-state index in [1.807, 2.05) is 6.07 Å². The molecule has 1 N–H and O–H groups in total. The van der Waals surface area contributed by atoms with Crippen molar-refractivity contribution in [2.75, 3.05) is 12.4 Å². The van der Waals surface area contributed by atoms with E-state index in [0.717, 1.165) is 24.0 Å². The van der Waals surface area contributed by atoms with Crippen molar-refractivity contribution in [2.24, 2.45) is 0 Å². The van der Waals surface area contributed by atoms with Crippen molar-refractivity contribution in [3.63, 3.8) is 0 Å². The first-order chi connectivity index (χ1) is 14.8. The Morgan fingerprint density at radius 3 is 2.06 bits per heavy atom. The minimum atomic E-state index is -4.15. The summed E-state index contributed by atoms with van der Waals surface area (Å²) < 4.78 is 37.2. The maximum absolute atomic E-state index is 13.2. The van der Waals surface area contributed by atoms with E-state index in [9.17, 15) is 13.2 Å². The summed E-state index contributed by atoms with van der Waals surface area (Å²) in [4.78, 5) is 11.4. The number of hydrogen-bond acceptors (Lipinski definition) is 5. The van der Waals surface area contributed by atoms with Gasteiger partial charge >= 0.3 is 10.1 Å². The van der Waals surface area contributed by atoms with Gasteiger partial charge in [0, 0.05) is 12.5 Å². The molecule has 0 atom stereocenters. The van der Waals surface area contributed by atoms with Crippen LogP contribution in [0.4, 0.5) is 5.69 Å². The topological polar surface area (TPSA) is 81.7 Å². The largest absolute Gasteiger partial charge is 0.495 e. The van der Waals surface area contributed by atoms with E-state index < -0.39 is 10.1 Å². The average Bonchev–Trinajstić information content (AvgIpc) is 2.73. The summed E-state index contributed by atoms with van der Waals surface area (Å²) >= 11 is 0. The fraction of sp³-hybridized carbons (Fsp3) is 0.480. The zero-order valence-corrected chi connectivity index (χ0v) is 21.1. The van der Waals surface area contributed by atoms with Crippen LogP contribution in [0.15, 0.2) is 41.3 Å². The van der Waals surface area contributed by atoms with Crippen LogP contribution in [0.2, 0.25) is 0 Å². The number of carbonyl (C=O) groups is 1. The smallest absolute Gasteiger partial charge is 0.339 e. The summed E-state index contributed by atoms with van der Waals surface area (Å²) in [7, 11) is -2.70. The third-order valence-electron chi connectivity index (χ3n) is 6.23. The summed E-state index contributed by atoms with van der Waals surface area (Å²) in [6, 6.07) is 9.98. The van der Waals surface area contributed by atoms with Gasteiger partial charge in [0.2, 0.25) is 5.91 Å². The fourth-order valence-electron chi connectivity index (χ4n) is 3.24. The molecule has 0 saturated carbocycles. The van der Waals surface area contributed by atoms with E-state index in [2.05, 4.69) is 52.9 Å². The van der Waals surface area contributed by atoms with Crippen LogP contribution in [0.3, 0.4) is 0 Å². The van der Waals surface area contributed by atoms with Gasteiger partial charge in [-0.05, 0) is 53.5 Å². The molecule has 2 aromatic carbocycles. The van der Waals surface area contributed by atoms with E-state index in [0.29, 0.717) is 11.5 Å². The van der Waals surface area contributed by atoms with Crippen molar-refractivity contribution in [2.45, 2.75) is 77.0 Å². The molecule has 176 valence electrons. The Balaban J connectivity index is 2.56. The van der Waals surface area contributed by atoms with Gasteiger partial charge in [0.1, 0.15) is 16.4 Å². The number of carbonyl (C=O) groups excluding carboxylic acids is 1. The molecular formula is C25H35NO5S. The standard InChI is InChI=1S/C25H35NO5S/c1-9-24(4,5)18-11-13-22(20(15-18)25(6,7)10-2)31-32(28,29)19-12-14-23(30-8)21(16-19)26-17(3)27/h11-16H,9-10H2,1-8H3,(H,26,27). The van der Waals surface area contributed by atoms with Gasteiger partial charge in [-0.2, -0.15) is 8.42 Å². The summed E-state index contributed by atoms with van der Waals surface area (Å²) in [5.41, 5.74) is 1.92. The van der Waals surface area contributed by atoms with Crippen LogP contribution in [0.5, 0.6) is 11.5 Å². The number of hydrogen-bond donors (Lipinski definition) is 1. The van der Waals surface area contributed by atoms with Crippen LogP contribution in [-0.2, 0) is 25.7 Å². The zero-order valence-electron chi connectivity index (χ0n) is 20.3. The third-order valence-corrected chi connectivity index (χ3v) is 7.46. The summed E-state index contributed by atoms with van der Waals surface area (Å²) in [5, 5.41) is 2.59. The number of anilines is 1. The van der Waals surface area contributed by atoms with Crippen molar-refractivity contribution in [1.82, 2.24) is 0 Å². The van der Waals surface area contributed by atoms with Gasteiger partial charge in [0.05, 0.1) is 12.8 Å².